The number of rotatable bonds is 20. The Morgan fingerprint density at radius 1 is 0.694 bits per heavy atom. The molecule has 0 bridgehead atoms. The van der Waals surface area contributed by atoms with E-state index in [9.17, 15) is 72.9 Å². The van der Waals surface area contributed by atoms with E-state index >= 15 is 0 Å². The van der Waals surface area contributed by atoms with Gasteiger partial charge in [-0.3, -0.25) is 57.5 Å². The molecule has 1 aliphatic rings. The molecule has 474 valence electrons. The van der Waals surface area contributed by atoms with Gasteiger partial charge in [0.2, 0.25) is 53.2 Å². The van der Waals surface area contributed by atoms with Gasteiger partial charge >= 0.3 is 0 Å². The molecule has 0 aromatic heterocycles. The van der Waals surface area contributed by atoms with E-state index in [4.69, 9.17) is 16.2 Å². The Labute approximate surface area is 496 Å². The maximum absolute atomic E-state index is 14.4. The van der Waals surface area contributed by atoms with E-state index in [1.54, 1.807) is 38.1 Å². The van der Waals surface area contributed by atoms with Crippen LogP contribution < -0.4 is 58.7 Å². The molecule has 0 saturated carbocycles. The van der Waals surface area contributed by atoms with Crippen LogP contribution in [0.3, 0.4) is 0 Å². The average molecular weight is 1200 g/mol. The number of primary amides is 2. The molecule has 28 heteroatoms. The lowest BCUT2D eigenvalue weighted by Crippen LogP contribution is -2.61. The number of likely N-dealkylation sites (N-methyl/N-ethyl adjacent to an activating group) is 2. The summed E-state index contributed by atoms with van der Waals surface area (Å²) >= 11 is 0. The fourth-order valence-electron chi connectivity index (χ4n) is 8.98. The summed E-state index contributed by atoms with van der Waals surface area (Å²) in [7, 11) is 3.72. The largest absolute Gasteiger partial charge is 0.497 e. The Balaban J connectivity index is 2.80. The number of carbonyl (C=O) groups excluding carboxylic acids is 12. The molecule has 1 aromatic carbocycles. The molecular weight excluding hydrogens is 1110 g/mol. The van der Waals surface area contributed by atoms with Gasteiger partial charge in [-0.25, -0.2) is 0 Å². The zero-order chi connectivity index (χ0) is 64.2. The summed E-state index contributed by atoms with van der Waals surface area (Å²) in [5, 5.41) is 53.3. The van der Waals surface area contributed by atoms with Gasteiger partial charge in [0.15, 0.2) is 6.10 Å². The number of nitrogens with two attached hydrogens (primary N) is 2. The number of methoxy groups -OCH3 is 1. The van der Waals surface area contributed by atoms with Gasteiger partial charge in [0.1, 0.15) is 53.4 Å². The highest BCUT2D eigenvalue weighted by molar-refractivity contribution is 6.04. The van der Waals surface area contributed by atoms with Crippen molar-refractivity contribution in [3.63, 3.8) is 0 Å². The number of hydrogen-bond acceptors (Lipinski definition) is 16. The first-order valence-electron chi connectivity index (χ1n) is 28.5. The fourth-order valence-corrected chi connectivity index (χ4v) is 8.98. The Hall–Kier alpha value is -7.98. The molecule has 2 rings (SSSR count). The molecule has 85 heavy (non-hydrogen) atoms. The molecule has 1 aliphatic heterocycles. The molecule has 10 atom stereocenters. The van der Waals surface area contributed by atoms with Gasteiger partial charge in [0.05, 0.1) is 38.3 Å². The number of benzene rings is 1. The number of hydrogen-bond donors (Lipinski definition) is 13. The summed E-state index contributed by atoms with van der Waals surface area (Å²) in [6.07, 6.45) is 0.0297. The SMILES string of the molecule is C/C=C1\NC(=O)[C@H](CC(N)=O)N(C)C(=O)[C@H]([C@@H](C)O)NC(=O)[C@H](CCCc2ccc(OC)cc2)NC(=O)[C@H](C(C)C)NC(=O)/C(=C\C)NC(=O)[C@H](O)[C@@H](C[C@@H](O)CCCCCCC)NC(=O)[C@H](C)NC(=O)CN(C)C(=O)[C@H](CCC(N)=O)NC1=O. The van der Waals surface area contributed by atoms with E-state index in [1.165, 1.54) is 41.0 Å². The van der Waals surface area contributed by atoms with E-state index in [0.717, 1.165) is 56.2 Å². The maximum atomic E-state index is 14.4. The first-order chi connectivity index (χ1) is 40.0. The first-order valence-corrected chi connectivity index (χ1v) is 28.5. The van der Waals surface area contributed by atoms with E-state index in [0.29, 0.717) is 23.5 Å². The predicted molar refractivity (Wildman–Crippen MR) is 310 cm³/mol. The lowest BCUT2D eigenvalue weighted by molar-refractivity contribution is -0.145. The van der Waals surface area contributed by atoms with Gasteiger partial charge in [-0.15, -0.1) is 0 Å². The van der Waals surface area contributed by atoms with Crippen LogP contribution in [0.2, 0.25) is 0 Å². The van der Waals surface area contributed by atoms with Gasteiger partial charge in [0, 0.05) is 20.5 Å². The summed E-state index contributed by atoms with van der Waals surface area (Å²) in [4.78, 5) is 166. The van der Waals surface area contributed by atoms with Crippen molar-refractivity contribution in [2.24, 2.45) is 17.4 Å². The van der Waals surface area contributed by atoms with E-state index in [-0.39, 0.29) is 25.7 Å². The minimum Gasteiger partial charge on any atom is -0.497 e. The number of carbonyl (C=O) groups is 12. The van der Waals surface area contributed by atoms with Crippen molar-refractivity contribution in [1.29, 1.82) is 0 Å². The topological polar surface area (TPSA) is 430 Å². The molecule has 1 heterocycles. The first kappa shape index (κ1) is 73.1. The predicted octanol–water partition coefficient (Wildman–Crippen LogP) is -2.06. The third kappa shape index (κ3) is 24.6. The highest BCUT2D eigenvalue weighted by Gasteiger charge is 2.39. The standard InChI is InChI=1S/C57H90N12O16/c1-11-14-15-16-17-20-35(71)28-41-48(75)55(82)62-38(13-3)51(78)66-46(31(4)5)54(81)63-39(21-18-19-34-22-24-36(85-10)25-23-34)52(79)67-47(33(7)70)57(84)69(9)42(29-44(59)73)53(80)61-37(12-2)50(77)64-40(26-27-43(58)72)56(83)68(8)30-45(74)60-32(6)49(76)65-41/h12-13,22-25,31-33,35,39-42,46-48,70-71,75H,11,14-21,26-30H2,1-10H3,(H2,58,72)(H2,59,73)(H,60,74)(H,61,80)(H,62,82)(H,63,81)(H,64,77)(H,65,76)(H,66,78)(H,67,79)/b37-12-,38-13+/t32-,33+,35-,39-,40-,41+,42-,46-,47-,48+/m0/s1. The van der Waals surface area contributed by atoms with Crippen molar-refractivity contribution < 1.29 is 77.6 Å². The second kappa shape index (κ2) is 36.7. The molecule has 12 amide bonds. The van der Waals surface area contributed by atoms with Crippen LogP contribution in [0.1, 0.15) is 131 Å². The Morgan fingerprint density at radius 2 is 1.29 bits per heavy atom. The number of nitrogens with zero attached hydrogens (tertiary/aromatic N) is 2. The monoisotopic (exact) mass is 1200 g/mol. The van der Waals surface area contributed by atoms with Gasteiger partial charge < -0.3 is 83.9 Å². The zero-order valence-corrected chi connectivity index (χ0v) is 50.4. The number of amides is 12. The summed E-state index contributed by atoms with van der Waals surface area (Å²) in [5.41, 5.74) is 10.7. The average Bonchev–Trinajstić information content (AvgIpc) is 3.55. The molecule has 15 N–H and O–H groups in total. The summed E-state index contributed by atoms with van der Waals surface area (Å²) in [6.45, 7) is 9.51. The van der Waals surface area contributed by atoms with E-state index in [1.807, 2.05) is 6.92 Å². The maximum Gasteiger partial charge on any atom is 0.268 e. The number of unbranched alkanes of at least 4 members (excludes halogenated alkanes) is 4. The van der Waals surface area contributed by atoms with Crippen LogP contribution in [0.15, 0.2) is 47.8 Å². The van der Waals surface area contributed by atoms with Crippen molar-refractivity contribution in [1.82, 2.24) is 52.3 Å². The fraction of sp³-hybridized carbons (Fsp3) is 0.614. The number of aliphatic hydroxyl groups excluding tert-OH is 3. The molecule has 28 nitrogen and oxygen atoms in total. The van der Waals surface area contributed by atoms with Crippen LogP contribution in [0.25, 0.3) is 0 Å². The van der Waals surface area contributed by atoms with Crippen molar-refractivity contribution in [3.8, 4) is 5.75 Å². The van der Waals surface area contributed by atoms with Crippen molar-refractivity contribution in [3.05, 3.63) is 53.4 Å². The second-order valence-corrected chi connectivity index (χ2v) is 21.4. The second-order valence-electron chi connectivity index (χ2n) is 21.4. The minimum absolute atomic E-state index is 0.102. The van der Waals surface area contributed by atoms with Crippen LogP contribution in [-0.4, -0.2) is 184 Å². The van der Waals surface area contributed by atoms with Crippen LogP contribution in [0.5, 0.6) is 5.75 Å². The lowest BCUT2D eigenvalue weighted by atomic mass is 9.98. The smallest absolute Gasteiger partial charge is 0.268 e. The quantitative estimate of drug-likeness (QED) is 0.0493. The molecule has 0 spiro atoms. The van der Waals surface area contributed by atoms with Crippen LogP contribution in [0, 0.1) is 5.92 Å². The molecular formula is C57H90N12O16. The van der Waals surface area contributed by atoms with Crippen LogP contribution >= 0.6 is 0 Å². The van der Waals surface area contributed by atoms with Crippen molar-refractivity contribution in [2.75, 3.05) is 27.7 Å². The molecule has 0 aliphatic carbocycles. The molecule has 1 fully saturated rings. The molecule has 0 unspecified atom stereocenters. The van der Waals surface area contributed by atoms with Gasteiger partial charge in [-0.05, 0) is 89.8 Å². The zero-order valence-electron chi connectivity index (χ0n) is 50.4. The molecule has 1 saturated heterocycles. The van der Waals surface area contributed by atoms with Gasteiger partial charge in [-0.1, -0.05) is 77.2 Å². The van der Waals surface area contributed by atoms with Crippen molar-refractivity contribution in [2.45, 2.75) is 193 Å². The highest BCUT2D eigenvalue weighted by Crippen LogP contribution is 2.18. The normalized spacial score (nSPS) is 24.6. The molecule has 1 aromatic rings. The Kier molecular flexibility index (Phi) is 31.5. The van der Waals surface area contributed by atoms with Crippen LogP contribution in [-0.2, 0) is 64.0 Å². The third-order valence-electron chi connectivity index (χ3n) is 14.1. The number of allylic oxidation sites excluding steroid dienone is 2. The lowest BCUT2D eigenvalue weighted by Gasteiger charge is -2.32. The Morgan fingerprint density at radius 3 is 1.85 bits per heavy atom. The third-order valence-corrected chi connectivity index (χ3v) is 14.1. The summed E-state index contributed by atoms with van der Waals surface area (Å²) in [5.74, 6) is -12.6. The van der Waals surface area contributed by atoms with Crippen molar-refractivity contribution >= 4 is 70.9 Å². The number of ether oxygens (including phenoxy) is 1. The number of nitrogens with one attached hydrogen (secondary N) is 8. The molecule has 0 radical (unpaired) electrons. The number of aliphatic hydroxyl groups is 3. The van der Waals surface area contributed by atoms with Gasteiger partial charge in [-0.2, -0.15) is 0 Å². The summed E-state index contributed by atoms with van der Waals surface area (Å²) < 4.78 is 5.25. The van der Waals surface area contributed by atoms with E-state index in [2.05, 4.69) is 42.5 Å². The highest BCUT2D eigenvalue weighted by atomic mass is 16.5. The van der Waals surface area contributed by atoms with E-state index < -0.39 is 175 Å². The minimum atomic E-state index is -2.14. The Bertz CT molecular complexity index is 2560. The van der Waals surface area contributed by atoms with Gasteiger partial charge in [0.25, 0.3) is 17.7 Å². The van der Waals surface area contributed by atoms with Crippen LogP contribution in [0.4, 0.5) is 0 Å². The summed E-state index contributed by atoms with van der Waals surface area (Å²) in [6, 6.07) is -4.14. The number of aryl methyl sites for hydroxylation is 1.